The molecule has 19 nitrogen and oxygen atoms in total. The van der Waals surface area contributed by atoms with Gasteiger partial charge in [-0.05, 0) is 57.8 Å². The molecular formula is C72H131NO18. The number of carbonyl (C=O) groups excluding carboxylic acids is 1. The maximum absolute atomic E-state index is 13.3. The standard InChI is InChI=1S/C72H131NO18/c1-3-5-7-9-11-13-14-15-16-17-18-19-20-21-22-23-24-25-26-27-28-29-30-31-32-33-34-35-36-37-38-39-40-42-44-46-48-50-60(78)73-55(56(77)49-47-45-43-41-12-10-8-6-4-2)54-86-70-66(84)63(81)68(58(52-75)88-70)91-72-67(85)64(82)69(59(53-76)89-72)90-71-65(83)62(80)61(79)57(51-74)87-71/h14-15,17-18,20-21,47,49,55-59,61-72,74-77,79-85H,3-13,16,19,22-46,48,50-54H2,1-2H3,(H,73,78)/b15-14-,18-17-,21-20-,49-47+. The zero-order valence-corrected chi connectivity index (χ0v) is 56.3. The molecule has 3 heterocycles. The number of carbonyl (C=O) groups is 1. The van der Waals surface area contributed by atoms with Gasteiger partial charge in [0.05, 0.1) is 38.6 Å². The van der Waals surface area contributed by atoms with Gasteiger partial charge in [-0.2, -0.15) is 0 Å². The van der Waals surface area contributed by atoms with E-state index in [1.54, 1.807) is 6.08 Å². The molecule has 0 aromatic heterocycles. The van der Waals surface area contributed by atoms with E-state index in [-0.39, 0.29) is 18.9 Å². The van der Waals surface area contributed by atoms with Gasteiger partial charge in [-0.1, -0.05) is 255 Å². The summed E-state index contributed by atoms with van der Waals surface area (Å²) in [4.78, 5) is 13.3. The average molecular weight is 1300 g/mol. The van der Waals surface area contributed by atoms with E-state index in [4.69, 9.17) is 28.4 Å². The predicted molar refractivity (Wildman–Crippen MR) is 356 cm³/mol. The highest BCUT2D eigenvalue weighted by atomic mass is 16.8. The Labute approximate surface area is 548 Å². The summed E-state index contributed by atoms with van der Waals surface area (Å²) in [7, 11) is 0. The summed E-state index contributed by atoms with van der Waals surface area (Å²) in [5.41, 5.74) is 0. The number of amides is 1. The highest BCUT2D eigenvalue weighted by molar-refractivity contribution is 5.76. The number of hydrogen-bond donors (Lipinski definition) is 12. The number of rotatable bonds is 56. The first-order valence-electron chi connectivity index (χ1n) is 36.4. The molecule has 0 aliphatic carbocycles. The normalized spacial score (nSPS) is 28.1. The number of allylic oxidation sites excluding steroid dienone is 7. The first-order valence-corrected chi connectivity index (χ1v) is 36.4. The second-order valence-electron chi connectivity index (χ2n) is 26.1. The van der Waals surface area contributed by atoms with Crippen LogP contribution in [0.2, 0.25) is 0 Å². The van der Waals surface area contributed by atoms with Gasteiger partial charge < -0.3 is 89.9 Å². The molecule has 0 radical (unpaired) electrons. The quantitative estimate of drug-likeness (QED) is 0.0199. The van der Waals surface area contributed by atoms with Gasteiger partial charge in [0.15, 0.2) is 18.9 Å². The average Bonchev–Trinajstić information content (AvgIpc) is 0.826. The Morgan fingerprint density at radius 3 is 1.13 bits per heavy atom. The minimum absolute atomic E-state index is 0.245. The summed E-state index contributed by atoms with van der Waals surface area (Å²) in [6, 6.07) is -0.970. The highest BCUT2D eigenvalue weighted by Crippen LogP contribution is 2.33. The van der Waals surface area contributed by atoms with Crippen molar-refractivity contribution in [2.75, 3.05) is 26.4 Å². The van der Waals surface area contributed by atoms with Crippen LogP contribution in [0.3, 0.4) is 0 Å². The Bertz CT molecular complexity index is 1840. The van der Waals surface area contributed by atoms with E-state index in [1.807, 2.05) is 6.08 Å². The van der Waals surface area contributed by atoms with Crippen molar-refractivity contribution in [2.45, 2.75) is 375 Å². The summed E-state index contributed by atoms with van der Waals surface area (Å²) >= 11 is 0. The first kappa shape index (κ1) is 83.0. The van der Waals surface area contributed by atoms with Crippen molar-refractivity contribution in [3.63, 3.8) is 0 Å². The van der Waals surface area contributed by atoms with Crippen molar-refractivity contribution < 1.29 is 89.4 Å². The van der Waals surface area contributed by atoms with Crippen LogP contribution in [0, 0.1) is 0 Å². The first-order chi connectivity index (χ1) is 44.3. The molecule has 3 rings (SSSR count). The zero-order chi connectivity index (χ0) is 66.1. The summed E-state index contributed by atoms with van der Waals surface area (Å²) in [6.07, 6.45) is 38.6. The zero-order valence-electron chi connectivity index (χ0n) is 56.3. The number of nitrogens with one attached hydrogen (secondary N) is 1. The van der Waals surface area contributed by atoms with E-state index in [0.717, 1.165) is 57.8 Å². The third-order valence-corrected chi connectivity index (χ3v) is 18.1. The SMILES string of the molecule is CCCCCCC/C=C\C/C=C\C/C=C\CCCCCCCCCCCCCCCCCCCCCCCCC(=O)NC(COC1OC(CO)C(OC2OC(CO)C(OC3OC(CO)C(O)C(O)C3O)C(O)C2O)C(O)C1O)C(O)/C=C/CCCCCCCCC. The Morgan fingerprint density at radius 2 is 0.725 bits per heavy atom. The molecule has 17 unspecified atom stereocenters. The van der Waals surface area contributed by atoms with Crippen LogP contribution in [0.1, 0.15) is 271 Å². The third kappa shape index (κ3) is 35.5. The van der Waals surface area contributed by atoms with Crippen LogP contribution in [0.25, 0.3) is 0 Å². The van der Waals surface area contributed by atoms with Crippen LogP contribution in [-0.2, 0) is 33.2 Å². The Hall–Kier alpha value is -2.25. The van der Waals surface area contributed by atoms with Gasteiger partial charge in [-0.15, -0.1) is 0 Å². The van der Waals surface area contributed by atoms with E-state index in [1.165, 1.54) is 186 Å². The lowest BCUT2D eigenvalue weighted by atomic mass is 9.96. The highest BCUT2D eigenvalue weighted by Gasteiger charge is 2.53. The van der Waals surface area contributed by atoms with Gasteiger partial charge in [-0.3, -0.25) is 4.79 Å². The van der Waals surface area contributed by atoms with Crippen molar-refractivity contribution in [1.82, 2.24) is 5.32 Å². The lowest BCUT2D eigenvalue weighted by molar-refractivity contribution is -0.379. The van der Waals surface area contributed by atoms with E-state index < -0.39 is 124 Å². The van der Waals surface area contributed by atoms with Crippen molar-refractivity contribution in [2.24, 2.45) is 0 Å². The molecule has 12 N–H and O–H groups in total. The lowest BCUT2D eigenvalue weighted by Gasteiger charge is -2.48. The van der Waals surface area contributed by atoms with Crippen LogP contribution >= 0.6 is 0 Å². The second kappa shape index (κ2) is 53.8. The second-order valence-corrected chi connectivity index (χ2v) is 26.1. The monoisotopic (exact) mass is 1300 g/mol. The molecule has 0 aromatic carbocycles. The maximum Gasteiger partial charge on any atom is 0.220 e. The van der Waals surface area contributed by atoms with Crippen LogP contribution in [0.5, 0.6) is 0 Å². The van der Waals surface area contributed by atoms with Gasteiger partial charge in [0.25, 0.3) is 0 Å². The molecule has 532 valence electrons. The molecule has 19 heteroatoms. The largest absolute Gasteiger partial charge is 0.394 e. The van der Waals surface area contributed by atoms with Gasteiger partial charge in [-0.25, -0.2) is 0 Å². The fourth-order valence-electron chi connectivity index (χ4n) is 12.2. The molecular weight excluding hydrogens is 1170 g/mol. The molecule has 0 aromatic rings. The molecule has 3 aliphatic rings. The molecule has 91 heavy (non-hydrogen) atoms. The number of unbranched alkanes of at least 4 members (excludes halogenated alkanes) is 34. The van der Waals surface area contributed by atoms with E-state index in [0.29, 0.717) is 6.42 Å². The molecule has 17 atom stereocenters. The number of hydrogen-bond acceptors (Lipinski definition) is 18. The van der Waals surface area contributed by atoms with Crippen LogP contribution < -0.4 is 5.32 Å². The lowest BCUT2D eigenvalue weighted by Crippen LogP contribution is -2.66. The number of aliphatic hydroxyl groups excluding tert-OH is 11. The van der Waals surface area contributed by atoms with Gasteiger partial charge in [0, 0.05) is 6.42 Å². The van der Waals surface area contributed by atoms with Crippen molar-refractivity contribution >= 4 is 5.91 Å². The summed E-state index contributed by atoms with van der Waals surface area (Å²) in [5.74, 6) is -0.275. The van der Waals surface area contributed by atoms with E-state index >= 15 is 0 Å². The molecule has 0 bridgehead atoms. The molecule has 0 saturated carbocycles. The smallest absolute Gasteiger partial charge is 0.220 e. The number of aliphatic hydroxyl groups is 11. The molecule has 3 saturated heterocycles. The van der Waals surface area contributed by atoms with Crippen molar-refractivity contribution in [3.05, 3.63) is 48.6 Å². The molecule has 1 amide bonds. The Kier molecular flexibility index (Phi) is 49.1. The van der Waals surface area contributed by atoms with Gasteiger partial charge >= 0.3 is 0 Å². The minimum Gasteiger partial charge on any atom is -0.394 e. The van der Waals surface area contributed by atoms with E-state index in [2.05, 4.69) is 55.6 Å². The maximum atomic E-state index is 13.3. The minimum atomic E-state index is -1.98. The van der Waals surface area contributed by atoms with Gasteiger partial charge in [0.1, 0.15) is 73.2 Å². The number of ether oxygens (including phenoxy) is 6. The molecule has 3 aliphatic heterocycles. The molecule has 0 spiro atoms. The molecule has 3 fully saturated rings. The van der Waals surface area contributed by atoms with E-state index in [9.17, 15) is 61.0 Å². The van der Waals surface area contributed by atoms with Crippen LogP contribution in [-0.4, -0.2) is 193 Å². The topological polar surface area (TPSA) is 307 Å². The van der Waals surface area contributed by atoms with Crippen LogP contribution in [0.4, 0.5) is 0 Å². The summed E-state index contributed by atoms with van der Waals surface area (Å²) < 4.78 is 34.3. The summed E-state index contributed by atoms with van der Waals surface area (Å²) in [6.45, 7) is 1.69. The fraction of sp³-hybridized carbons (Fsp3) is 0.875. The fourth-order valence-corrected chi connectivity index (χ4v) is 12.2. The van der Waals surface area contributed by atoms with Gasteiger partial charge in [0.2, 0.25) is 5.91 Å². The Morgan fingerprint density at radius 1 is 0.396 bits per heavy atom. The summed E-state index contributed by atoms with van der Waals surface area (Å²) in [5, 5.41) is 120. The van der Waals surface area contributed by atoms with Crippen molar-refractivity contribution in [1.29, 1.82) is 0 Å². The third-order valence-electron chi connectivity index (χ3n) is 18.1. The van der Waals surface area contributed by atoms with Crippen LogP contribution in [0.15, 0.2) is 48.6 Å². The Balaban J connectivity index is 1.28. The van der Waals surface area contributed by atoms with Crippen molar-refractivity contribution in [3.8, 4) is 0 Å². The predicted octanol–water partition coefficient (Wildman–Crippen LogP) is 10.2.